The van der Waals surface area contributed by atoms with Gasteiger partial charge < -0.3 is 5.73 Å². The van der Waals surface area contributed by atoms with Crippen LogP contribution < -0.4 is 5.73 Å². The van der Waals surface area contributed by atoms with Crippen LogP contribution in [0.2, 0.25) is 0 Å². The van der Waals surface area contributed by atoms with E-state index in [-0.39, 0.29) is 0 Å². The van der Waals surface area contributed by atoms with Gasteiger partial charge in [-0.2, -0.15) is 0 Å². The number of aryl methyl sites for hydroxylation is 1. The first-order valence-electron chi connectivity index (χ1n) is 7.11. The van der Waals surface area contributed by atoms with Gasteiger partial charge >= 0.3 is 0 Å². The van der Waals surface area contributed by atoms with Gasteiger partial charge in [-0.15, -0.1) is 0 Å². The highest BCUT2D eigenvalue weighted by Gasteiger charge is 2.31. The van der Waals surface area contributed by atoms with E-state index in [1.165, 1.54) is 22.3 Å². The summed E-state index contributed by atoms with van der Waals surface area (Å²) < 4.78 is 0. The second kappa shape index (κ2) is 5.35. The maximum atomic E-state index is 5.98. The molecule has 2 N–H and O–H groups in total. The van der Waals surface area contributed by atoms with Gasteiger partial charge in [0, 0.05) is 37.4 Å². The van der Waals surface area contributed by atoms with Crippen molar-refractivity contribution in [3.8, 4) is 0 Å². The predicted molar refractivity (Wildman–Crippen MR) is 81.7 cm³/mol. The molecule has 1 aliphatic rings. The van der Waals surface area contributed by atoms with Crippen LogP contribution >= 0.6 is 0 Å². The normalized spacial score (nSPS) is 22.6. The Morgan fingerprint density at radius 3 is 2.85 bits per heavy atom. The van der Waals surface area contributed by atoms with E-state index in [4.69, 9.17) is 5.73 Å². The standard InChI is InChI=1S/C17H21N3/c1-12-5-6-14-15(8-12)16(11-20(2)17(14)9-18)13-4-3-7-19-10-13/h3-8,10,16-17H,9,11,18H2,1-2H3. The molecular weight excluding hydrogens is 246 g/mol. The number of nitrogens with zero attached hydrogens (tertiary/aromatic N) is 2. The Morgan fingerprint density at radius 1 is 1.30 bits per heavy atom. The number of hydrogen-bond acceptors (Lipinski definition) is 3. The Balaban J connectivity index is 2.12. The number of hydrogen-bond donors (Lipinski definition) is 1. The van der Waals surface area contributed by atoms with Gasteiger partial charge in [0.15, 0.2) is 0 Å². The molecule has 0 fully saturated rings. The lowest BCUT2D eigenvalue weighted by molar-refractivity contribution is 0.223. The molecule has 2 aromatic rings. The number of likely N-dealkylation sites (N-methyl/N-ethyl adjacent to an activating group) is 1. The molecule has 3 nitrogen and oxygen atoms in total. The first-order chi connectivity index (χ1) is 9.70. The highest BCUT2D eigenvalue weighted by atomic mass is 15.1. The van der Waals surface area contributed by atoms with Gasteiger partial charge in [-0.3, -0.25) is 9.88 Å². The third kappa shape index (κ3) is 2.23. The van der Waals surface area contributed by atoms with E-state index in [1.54, 1.807) is 0 Å². The predicted octanol–water partition coefficient (Wildman–Crippen LogP) is 2.47. The fourth-order valence-electron chi connectivity index (χ4n) is 3.22. The van der Waals surface area contributed by atoms with Crippen molar-refractivity contribution in [1.82, 2.24) is 9.88 Å². The lowest BCUT2D eigenvalue weighted by Gasteiger charge is -2.39. The molecule has 1 aliphatic heterocycles. The van der Waals surface area contributed by atoms with E-state index >= 15 is 0 Å². The van der Waals surface area contributed by atoms with Crippen molar-refractivity contribution >= 4 is 0 Å². The first-order valence-corrected chi connectivity index (χ1v) is 7.11. The van der Waals surface area contributed by atoms with Gasteiger partial charge in [-0.25, -0.2) is 0 Å². The molecule has 3 rings (SSSR count). The Hall–Kier alpha value is -1.71. The van der Waals surface area contributed by atoms with Crippen LogP contribution in [0.1, 0.15) is 34.2 Å². The lowest BCUT2D eigenvalue weighted by atomic mass is 9.81. The maximum absolute atomic E-state index is 5.98. The van der Waals surface area contributed by atoms with Gasteiger partial charge in [0.05, 0.1) is 0 Å². The van der Waals surface area contributed by atoms with Crippen LogP contribution in [0.5, 0.6) is 0 Å². The van der Waals surface area contributed by atoms with Crippen LogP contribution in [0.3, 0.4) is 0 Å². The average Bonchev–Trinajstić information content (AvgIpc) is 2.48. The molecule has 1 aromatic carbocycles. The Labute approximate surface area is 120 Å². The van der Waals surface area contributed by atoms with E-state index in [2.05, 4.69) is 48.1 Å². The Morgan fingerprint density at radius 2 is 2.15 bits per heavy atom. The zero-order valence-electron chi connectivity index (χ0n) is 12.1. The highest BCUT2D eigenvalue weighted by Crippen LogP contribution is 2.38. The van der Waals surface area contributed by atoms with Crippen molar-refractivity contribution in [2.24, 2.45) is 5.73 Å². The summed E-state index contributed by atoms with van der Waals surface area (Å²) in [4.78, 5) is 6.63. The number of rotatable bonds is 2. The Bertz CT molecular complexity index is 594. The summed E-state index contributed by atoms with van der Waals surface area (Å²) >= 11 is 0. The van der Waals surface area contributed by atoms with Crippen molar-refractivity contribution < 1.29 is 0 Å². The summed E-state index contributed by atoms with van der Waals surface area (Å²) in [6, 6.07) is 11.2. The summed E-state index contributed by atoms with van der Waals surface area (Å²) in [7, 11) is 2.16. The Kier molecular flexibility index (Phi) is 3.55. The second-order valence-corrected chi connectivity index (χ2v) is 5.66. The monoisotopic (exact) mass is 267 g/mol. The molecular formula is C17H21N3. The van der Waals surface area contributed by atoms with E-state index in [0.29, 0.717) is 18.5 Å². The minimum Gasteiger partial charge on any atom is -0.329 e. The average molecular weight is 267 g/mol. The zero-order valence-corrected chi connectivity index (χ0v) is 12.1. The van der Waals surface area contributed by atoms with Crippen LogP contribution in [0, 0.1) is 6.92 Å². The fourth-order valence-corrected chi connectivity index (χ4v) is 3.22. The molecule has 0 bridgehead atoms. The topological polar surface area (TPSA) is 42.2 Å². The summed E-state index contributed by atoms with van der Waals surface area (Å²) in [6.45, 7) is 3.80. The molecule has 0 aliphatic carbocycles. The first kappa shape index (κ1) is 13.3. The quantitative estimate of drug-likeness (QED) is 0.909. The summed E-state index contributed by atoms with van der Waals surface area (Å²) in [5.41, 5.74) is 11.3. The molecule has 2 unspecified atom stereocenters. The third-order valence-corrected chi connectivity index (χ3v) is 4.29. The molecule has 0 saturated heterocycles. The van der Waals surface area contributed by atoms with E-state index < -0.39 is 0 Å². The highest BCUT2D eigenvalue weighted by molar-refractivity contribution is 5.43. The van der Waals surface area contributed by atoms with Crippen molar-refractivity contribution in [2.75, 3.05) is 20.1 Å². The molecule has 2 atom stereocenters. The largest absolute Gasteiger partial charge is 0.329 e. The van der Waals surface area contributed by atoms with Crippen LogP contribution in [0.4, 0.5) is 0 Å². The van der Waals surface area contributed by atoms with Crippen molar-refractivity contribution in [3.63, 3.8) is 0 Å². The summed E-state index contributed by atoms with van der Waals surface area (Å²) in [5.74, 6) is 0.381. The number of aromatic nitrogens is 1. The van der Waals surface area contributed by atoms with Crippen molar-refractivity contribution in [1.29, 1.82) is 0 Å². The van der Waals surface area contributed by atoms with Gasteiger partial charge in [0.2, 0.25) is 0 Å². The smallest absolute Gasteiger partial charge is 0.0470 e. The summed E-state index contributed by atoms with van der Waals surface area (Å²) in [6.07, 6.45) is 3.81. The van der Waals surface area contributed by atoms with Crippen LogP contribution in [-0.2, 0) is 0 Å². The van der Waals surface area contributed by atoms with Crippen LogP contribution in [-0.4, -0.2) is 30.0 Å². The van der Waals surface area contributed by atoms with E-state index in [9.17, 15) is 0 Å². The SMILES string of the molecule is Cc1ccc2c(c1)C(c1cccnc1)CN(C)C2CN. The number of pyridine rings is 1. The minimum absolute atomic E-state index is 0.318. The van der Waals surface area contributed by atoms with Gasteiger partial charge in [0.25, 0.3) is 0 Å². The summed E-state index contributed by atoms with van der Waals surface area (Å²) in [5, 5.41) is 0. The van der Waals surface area contributed by atoms with Crippen molar-refractivity contribution in [2.45, 2.75) is 18.9 Å². The molecule has 2 heterocycles. The zero-order chi connectivity index (χ0) is 14.1. The number of fused-ring (bicyclic) bond motifs is 1. The molecule has 1 aromatic heterocycles. The maximum Gasteiger partial charge on any atom is 0.0470 e. The second-order valence-electron chi connectivity index (χ2n) is 5.66. The van der Waals surface area contributed by atoms with Crippen LogP contribution in [0.15, 0.2) is 42.7 Å². The van der Waals surface area contributed by atoms with Gasteiger partial charge in [-0.05, 0) is 36.7 Å². The third-order valence-electron chi connectivity index (χ3n) is 4.29. The van der Waals surface area contributed by atoms with Gasteiger partial charge in [-0.1, -0.05) is 29.8 Å². The van der Waals surface area contributed by atoms with E-state index in [1.807, 2.05) is 18.5 Å². The molecule has 0 saturated carbocycles. The molecule has 20 heavy (non-hydrogen) atoms. The van der Waals surface area contributed by atoms with Crippen LogP contribution in [0.25, 0.3) is 0 Å². The van der Waals surface area contributed by atoms with E-state index in [0.717, 1.165) is 6.54 Å². The molecule has 3 heteroatoms. The van der Waals surface area contributed by atoms with Gasteiger partial charge in [0.1, 0.15) is 0 Å². The molecule has 0 spiro atoms. The fraction of sp³-hybridized carbons (Fsp3) is 0.353. The minimum atomic E-state index is 0.318. The molecule has 104 valence electrons. The molecule has 0 amide bonds. The number of benzene rings is 1. The van der Waals surface area contributed by atoms with Crippen molar-refractivity contribution in [3.05, 3.63) is 65.0 Å². The number of nitrogens with two attached hydrogens (primary N) is 1. The molecule has 0 radical (unpaired) electrons. The lowest BCUT2D eigenvalue weighted by Crippen LogP contribution is -2.39.